The summed E-state index contributed by atoms with van der Waals surface area (Å²) in [6.45, 7) is 0.254. The molecular formula is C14H16F3NO3. The van der Waals surface area contributed by atoms with E-state index in [4.69, 9.17) is 0 Å². The highest BCUT2D eigenvalue weighted by Crippen LogP contribution is 2.29. The van der Waals surface area contributed by atoms with Gasteiger partial charge < -0.3 is 9.64 Å². The molecule has 0 aliphatic heterocycles. The Kier molecular flexibility index (Phi) is 5.75. The van der Waals surface area contributed by atoms with Crippen molar-refractivity contribution in [3.05, 3.63) is 35.4 Å². The van der Waals surface area contributed by atoms with Gasteiger partial charge in [-0.15, -0.1) is 0 Å². The first-order valence-electron chi connectivity index (χ1n) is 6.25. The summed E-state index contributed by atoms with van der Waals surface area (Å²) in [4.78, 5) is 24.2. The van der Waals surface area contributed by atoms with E-state index in [1.807, 2.05) is 0 Å². The Labute approximate surface area is 120 Å². The van der Waals surface area contributed by atoms with E-state index in [-0.39, 0.29) is 18.5 Å². The fourth-order valence-corrected chi connectivity index (χ4v) is 1.71. The lowest BCUT2D eigenvalue weighted by atomic mass is 10.1. The van der Waals surface area contributed by atoms with Crippen LogP contribution in [0.4, 0.5) is 13.2 Å². The summed E-state index contributed by atoms with van der Waals surface area (Å²) >= 11 is 0. The first kappa shape index (κ1) is 17.0. The van der Waals surface area contributed by atoms with Gasteiger partial charge in [0.2, 0.25) is 0 Å². The van der Waals surface area contributed by atoms with Crippen molar-refractivity contribution in [1.29, 1.82) is 0 Å². The molecule has 0 radical (unpaired) electrons. The number of hydrogen-bond donors (Lipinski definition) is 0. The largest absolute Gasteiger partial charge is 0.469 e. The third-order valence-electron chi connectivity index (χ3n) is 2.89. The molecule has 4 nitrogen and oxygen atoms in total. The number of nitrogens with zero attached hydrogens (tertiary/aromatic N) is 1. The van der Waals surface area contributed by atoms with Crippen molar-refractivity contribution in [1.82, 2.24) is 4.90 Å². The minimum atomic E-state index is -4.49. The summed E-state index contributed by atoms with van der Waals surface area (Å²) in [5.74, 6) is -0.916. The molecule has 0 spiro atoms. The average Bonchev–Trinajstić information content (AvgIpc) is 2.45. The van der Waals surface area contributed by atoms with Crippen LogP contribution in [0.3, 0.4) is 0 Å². The van der Waals surface area contributed by atoms with Crippen molar-refractivity contribution in [2.45, 2.75) is 19.0 Å². The van der Waals surface area contributed by atoms with E-state index in [1.165, 1.54) is 31.2 Å². The number of esters is 1. The zero-order valence-corrected chi connectivity index (χ0v) is 11.7. The van der Waals surface area contributed by atoms with Crippen LogP contribution in [0.2, 0.25) is 0 Å². The maximum Gasteiger partial charge on any atom is 0.416 e. The third-order valence-corrected chi connectivity index (χ3v) is 2.89. The quantitative estimate of drug-likeness (QED) is 0.786. The molecule has 7 heteroatoms. The number of carbonyl (C=O) groups is 2. The van der Waals surface area contributed by atoms with Crippen LogP contribution in [-0.4, -0.2) is 37.5 Å². The number of hydrogen-bond acceptors (Lipinski definition) is 3. The number of benzene rings is 1. The molecule has 0 N–H and O–H groups in total. The Morgan fingerprint density at radius 3 is 2.52 bits per heavy atom. The maximum absolute atomic E-state index is 12.6. The third kappa shape index (κ3) is 5.09. The van der Waals surface area contributed by atoms with E-state index in [1.54, 1.807) is 0 Å². The number of ether oxygens (including phenoxy) is 1. The highest BCUT2D eigenvalue weighted by Gasteiger charge is 2.31. The number of carbonyl (C=O) groups excluding carboxylic acids is 2. The van der Waals surface area contributed by atoms with Crippen LogP contribution in [0, 0.1) is 0 Å². The summed E-state index contributed by atoms with van der Waals surface area (Å²) in [5, 5.41) is 0. The van der Waals surface area contributed by atoms with E-state index in [0.29, 0.717) is 6.42 Å². The van der Waals surface area contributed by atoms with E-state index in [2.05, 4.69) is 4.74 Å². The normalized spacial score (nSPS) is 11.1. The summed E-state index contributed by atoms with van der Waals surface area (Å²) in [7, 11) is 2.74. The molecular weight excluding hydrogens is 287 g/mol. The average molecular weight is 303 g/mol. The van der Waals surface area contributed by atoms with Crippen LogP contribution in [0.1, 0.15) is 28.8 Å². The molecule has 0 saturated heterocycles. The smallest absolute Gasteiger partial charge is 0.416 e. The highest BCUT2D eigenvalue weighted by atomic mass is 19.4. The highest BCUT2D eigenvalue weighted by molar-refractivity contribution is 5.94. The molecule has 0 aliphatic carbocycles. The van der Waals surface area contributed by atoms with Gasteiger partial charge in [0.05, 0.1) is 12.7 Å². The molecule has 21 heavy (non-hydrogen) atoms. The van der Waals surface area contributed by atoms with Gasteiger partial charge in [-0.2, -0.15) is 13.2 Å². The molecule has 1 rings (SSSR count). The first-order valence-corrected chi connectivity index (χ1v) is 6.25. The summed E-state index contributed by atoms with van der Waals surface area (Å²) in [5.41, 5.74) is -0.901. The number of amides is 1. The van der Waals surface area contributed by atoms with Crippen LogP contribution in [-0.2, 0) is 15.7 Å². The van der Waals surface area contributed by atoms with Crippen molar-refractivity contribution in [3.63, 3.8) is 0 Å². The number of rotatable bonds is 5. The summed E-state index contributed by atoms with van der Waals surface area (Å²) in [6.07, 6.45) is -3.95. The fraction of sp³-hybridized carbons (Fsp3) is 0.429. The minimum absolute atomic E-state index is 0.0367. The van der Waals surface area contributed by atoms with Crippen LogP contribution in [0.25, 0.3) is 0 Å². The SMILES string of the molecule is COC(=O)CCCN(C)C(=O)c1cccc(C(F)(F)F)c1. The van der Waals surface area contributed by atoms with Crippen molar-refractivity contribution >= 4 is 11.9 Å². The number of alkyl halides is 3. The molecule has 0 saturated carbocycles. The zero-order valence-electron chi connectivity index (χ0n) is 11.7. The summed E-state index contributed by atoms with van der Waals surface area (Å²) in [6, 6.07) is 4.25. The zero-order chi connectivity index (χ0) is 16.0. The minimum Gasteiger partial charge on any atom is -0.469 e. The first-order chi connectivity index (χ1) is 9.75. The van der Waals surface area contributed by atoms with Gasteiger partial charge in [0, 0.05) is 25.6 Å². The van der Waals surface area contributed by atoms with Gasteiger partial charge in [-0.3, -0.25) is 9.59 Å². The molecule has 0 heterocycles. The fourth-order valence-electron chi connectivity index (χ4n) is 1.71. The molecule has 1 aromatic carbocycles. The Morgan fingerprint density at radius 1 is 1.29 bits per heavy atom. The predicted molar refractivity (Wildman–Crippen MR) is 69.7 cm³/mol. The van der Waals surface area contributed by atoms with Crippen LogP contribution in [0.5, 0.6) is 0 Å². The number of methoxy groups -OCH3 is 1. The van der Waals surface area contributed by atoms with Gasteiger partial charge in [-0.05, 0) is 24.6 Å². The Morgan fingerprint density at radius 2 is 1.95 bits per heavy atom. The molecule has 0 aromatic heterocycles. The van der Waals surface area contributed by atoms with Gasteiger partial charge in [-0.1, -0.05) is 6.07 Å². The van der Waals surface area contributed by atoms with Crippen LogP contribution >= 0.6 is 0 Å². The second kappa shape index (κ2) is 7.10. The topological polar surface area (TPSA) is 46.6 Å². The van der Waals surface area contributed by atoms with Crippen molar-refractivity contribution in [2.24, 2.45) is 0 Å². The molecule has 0 bridgehead atoms. The standard InChI is InChI=1S/C14H16F3NO3/c1-18(8-4-7-12(19)21-2)13(20)10-5-3-6-11(9-10)14(15,16)17/h3,5-6,9H,4,7-8H2,1-2H3. The Balaban J connectivity index is 2.68. The van der Waals surface area contributed by atoms with E-state index in [0.717, 1.165) is 12.1 Å². The molecule has 0 aliphatic rings. The van der Waals surface area contributed by atoms with Gasteiger partial charge in [-0.25, -0.2) is 0 Å². The van der Waals surface area contributed by atoms with E-state index < -0.39 is 23.6 Å². The maximum atomic E-state index is 12.6. The predicted octanol–water partition coefficient (Wildman–Crippen LogP) is 2.73. The van der Waals surface area contributed by atoms with Crippen molar-refractivity contribution in [3.8, 4) is 0 Å². The molecule has 1 amide bonds. The van der Waals surface area contributed by atoms with Crippen molar-refractivity contribution in [2.75, 3.05) is 20.7 Å². The second-order valence-electron chi connectivity index (χ2n) is 4.48. The van der Waals surface area contributed by atoms with Crippen molar-refractivity contribution < 1.29 is 27.5 Å². The lowest BCUT2D eigenvalue weighted by molar-refractivity contribution is -0.141. The van der Waals surface area contributed by atoms with E-state index >= 15 is 0 Å². The molecule has 0 atom stereocenters. The summed E-state index contributed by atoms with van der Waals surface area (Å²) < 4.78 is 42.2. The van der Waals surface area contributed by atoms with Gasteiger partial charge >= 0.3 is 12.1 Å². The Bertz CT molecular complexity index is 514. The van der Waals surface area contributed by atoms with Gasteiger partial charge in [0.15, 0.2) is 0 Å². The van der Waals surface area contributed by atoms with Crippen LogP contribution < -0.4 is 0 Å². The van der Waals surface area contributed by atoms with Crippen LogP contribution in [0.15, 0.2) is 24.3 Å². The second-order valence-corrected chi connectivity index (χ2v) is 4.48. The van der Waals surface area contributed by atoms with Gasteiger partial charge in [0.1, 0.15) is 0 Å². The molecule has 0 fully saturated rings. The molecule has 1 aromatic rings. The van der Waals surface area contributed by atoms with Gasteiger partial charge in [0.25, 0.3) is 5.91 Å². The lowest BCUT2D eigenvalue weighted by Gasteiger charge is -2.17. The number of halogens is 3. The Hall–Kier alpha value is -2.05. The van der Waals surface area contributed by atoms with E-state index in [9.17, 15) is 22.8 Å². The monoisotopic (exact) mass is 303 g/mol. The lowest BCUT2D eigenvalue weighted by Crippen LogP contribution is -2.28. The molecule has 116 valence electrons. The molecule has 0 unspecified atom stereocenters.